The van der Waals surface area contributed by atoms with E-state index >= 15 is 0 Å². The largest absolute Gasteiger partial charge is 0.454 e. The molecule has 0 saturated heterocycles. The fourth-order valence-corrected chi connectivity index (χ4v) is 5.14. The molecule has 0 fully saturated rings. The van der Waals surface area contributed by atoms with Crippen molar-refractivity contribution in [2.45, 2.75) is 39.1 Å². The summed E-state index contributed by atoms with van der Waals surface area (Å²) in [5.41, 5.74) is 1.16. The second kappa shape index (κ2) is 10.7. The molecule has 2 heterocycles. The lowest BCUT2D eigenvalue weighted by Crippen LogP contribution is -2.31. The Balaban J connectivity index is 1.92. The summed E-state index contributed by atoms with van der Waals surface area (Å²) in [5.74, 6) is 0.276. The van der Waals surface area contributed by atoms with Gasteiger partial charge in [-0.05, 0) is 50.2 Å². The number of benzene rings is 1. The van der Waals surface area contributed by atoms with E-state index in [9.17, 15) is 13.2 Å². The Hall–Kier alpha value is -3.11. The lowest BCUT2D eigenvalue weighted by molar-refractivity contribution is 0.0994. The average molecular weight is 474 g/mol. The summed E-state index contributed by atoms with van der Waals surface area (Å²) in [6.45, 7) is 10.1. The number of nitrogens with zero attached hydrogens (tertiary/aromatic N) is 4. The number of rotatable bonds is 11. The fourth-order valence-electron chi connectivity index (χ4n) is 3.65. The van der Waals surface area contributed by atoms with Crippen LogP contribution in [0.25, 0.3) is 0 Å². The van der Waals surface area contributed by atoms with Crippen LogP contribution in [0, 0.1) is 0 Å². The smallest absolute Gasteiger partial charge is 0.291 e. The van der Waals surface area contributed by atoms with Gasteiger partial charge in [0.25, 0.3) is 5.91 Å². The third-order valence-electron chi connectivity index (χ3n) is 5.43. The van der Waals surface area contributed by atoms with Gasteiger partial charge in [-0.25, -0.2) is 8.42 Å². The maximum Gasteiger partial charge on any atom is 0.291 e. The highest BCUT2D eigenvalue weighted by molar-refractivity contribution is 7.89. The van der Waals surface area contributed by atoms with Gasteiger partial charge in [0.05, 0.1) is 22.8 Å². The van der Waals surface area contributed by atoms with Crippen molar-refractivity contribution in [3.05, 3.63) is 60.3 Å². The van der Waals surface area contributed by atoms with Gasteiger partial charge in [-0.15, -0.1) is 0 Å². The van der Waals surface area contributed by atoms with Crippen LogP contribution in [-0.4, -0.2) is 54.6 Å². The minimum atomic E-state index is -3.67. The topological polar surface area (TPSA) is 101 Å². The fraction of sp³-hybridized carbons (Fsp3) is 0.391. The SMILES string of the molecule is CCN(CC)c1ccc(S(=O)(=O)N(CC)CC)cc1NC(=O)c1ccc(Cn2cccn2)o1. The molecule has 10 heteroatoms. The van der Waals surface area contributed by atoms with E-state index in [-0.39, 0.29) is 10.7 Å². The predicted octanol–water partition coefficient (Wildman–Crippen LogP) is 3.65. The van der Waals surface area contributed by atoms with E-state index < -0.39 is 15.9 Å². The lowest BCUT2D eigenvalue weighted by atomic mass is 10.2. The molecule has 0 unspecified atom stereocenters. The Morgan fingerprint density at radius 1 is 1.06 bits per heavy atom. The Labute approximate surface area is 195 Å². The number of amides is 1. The molecular weight excluding hydrogens is 442 g/mol. The van der Waals surface area contributed by atoms with Crippen LogP contribution in [0.3, 0.4) is 0 Å². The number of sulfonamides is 1. The van der Waals surface area contributed by atoms with E-state index in [0.29, 0.717) is 44.2 Å². The van der Waals surface area contributed by atoms with Crippen molar-refractivity contribution < 1.29 is 17.6 Å². The Bertz CT molecular complexity index is 1160. The number of nitrogens with one attached hydrogen (secondary N) is 1. The maximum atomic E-state index is 13.1. The number of hydrogen-bond acceptors (Lipinski definition) is 6. The van der Waals surface area contributed by atoms with E-state index in [0.717, 1.165) is 5.69 Å². The number of carbonyl (C=O) groups excluding carboxylic acids is 1. The van der Waals surface area contributed by atoms with Crippen LogP contribution in [0.1, 0.15) is 44.0 Å². The molecule has 1 N–H and O–H groups in total. The number of furan rings is 1. The predicted molar refractivity (Wildman–Crippen MR) is 128 cm³/mol. The average Bonchev–Trinajstić information content (AvgIpc) is 3.49. The summed E-state index contributed by atoms with van der Waals surface area (Å²) in [4.78, 5) is 15.2. The molecule has 178 valence electrons. The highest BCUT2D eigenvalue weighted by Crippen LogP contribution is 2.31. The van der Waals surface area contributed by atoms with E-state index in [4.69, 9.17) is 4.42 Å². The van der Waals surface area contributed by atoms with Crippen molar-refractivity contribution in [1.82, 2.24) is 14.1 Å². The van der Waals surface area contributed by atoms with Gasteiger partial charge in [-0.2, -0.15) is 9.40 Å². The molecule has 0 radical (unpaired) electrons. The normalized spacial score (nSPS) is 11.7. The van der Waals surface area contributed by atoms with Crippen molar-refractivity contribution in [3.8, 4) is 0 Å². The van der Waals surface area contributed by atoms with Gasteiger partial charge in [0, 0.05) is 38.6 Å². The third kappa shape index (κ3) is 5.45. The standard InChI is InChI=1S/C23H31N5O4S/c1-5-26(6-2)21-12-11-19(33(30,31)28(7-3)8-4)16-20(21)25-23(29)22-13-10-18(32-22)17-27-15-9-14-24-27/h9-16H,5-8,17H2,1-4H3,(H,25,29). The molecule has 1 amide bonds. The molecule has 0 atom stereocenters. The minimum absolute atomic E-state index is 0.135. The van der Waals surface area contributed by atoms with E-state index in [1.165, 1.54) is 10.4 Å². The van der Waals surface area contributed by atoms with Crippen molar-refractivity contribution in [2.24, 2.45) is 0 Å². The van der Waals surface area contributed by atoms with Crippen LogP contribution in [0.5, 0.6) is 0 Å². The zero-order chi connectivity index (χ0) is 24.0. The number of carbonyl (C=O) groups is 1. The molecule has 0 aliphatic rings. The van der Waals surface area contributed by atoms with Crippen molar-refractivity contribution in [1.29, 1.82) is 0 Å². The summed E-state index contributed by atoms with van der Waals surface area (Å²) in [7, 11) is -3.67. The molecule has 0 aliphatic carbocycles. The molecule has 2 aromatic heterocycles. The first-order valence-electron chi connectivity index (χ1n) is 11.1. The zero-order valence-electron chi connectivity index (χ0n) is 19.5. The van der Waals surface area contributed by atoms with Crippen LogP contribution in [0.15, 0.2) is 58.1 Å². The molecule has 1 aromatic carbocycles. The number of anilines is 2. The van der Waals surface area contributed by atoms with Crippen LogP contribution >= 0.6 is 0 Å². The first-order valence-corrected chi connectivity index (χ1v) is 12.5. The van der Waals surface area contributed by atoms with Gasteiger partial charge in [-0.3, -0.25) is 9.48 Å². The molecule has 3 aromatic rings. The first-order chi connectivity index (χ1) is 15.8. The van der Waals surface area contributed by atoms with Crippen molar-refractivity contribution >= 4 is 27.3 Å². The molecule has 0 saturated carbocycles. The van der Waals surface area contributed by atoms with E-state index in [1.807, 2.05) is 19.9 Å². The molecule has 0 spiro atoms. The summed E-state index contributed by atoms with van der Waals surface area (Å²) >= 11 is 0. The molecule has 3 rings (SSSR count). The maximum absolute atomic E-state index is 13.1. The number of hydrogen-bond donors (Lipinski definition) is 1. The second-order valence-corrected chi connectivity index (χ2v) is 9.30. The van der Waals surface area contributed by atoms with Gasteiger partial charge in [0.2, 0.25) is 10.0 Å². The number of aromatic nitrogens is 2. The van der Waals surface area contributed by atoms with Crippen LogP contribution in [0.2, 0.25) is 0 Å². The molecular formula is C23H31N5O4S. The molecule has 0 bridgehead atoms. The molecule has 0 aliphatic heterocycles. The third-order valence-corrected chi connectivity index (χ3v) is 7.47. The highest BCUT2D eigenvalue weighted by atomic mass is 32.2. The molecule has 9 nitrogen and oxygen atoms in total. The van der Waals surface area contributed by atoms with E-state index in [2.05, 4.69) is 15.3 Å². The van der Waals surface area contributed by atoms with Gasteiger partial charge in [0.15, 0.2) is 5.76 Å². The van der Waals surface area contributed by atoms with Gasteiger partial charge >= 0.3 is 0 Å². The highest BCUT2D eigenvalue weighted by Gasteiger charge is 2.24. The van der Waals surface area contributed by atoms with Crippen molar-refractivity contribution in [2.75, 3.05) is 36.4 Å². The van der Waals surface area contributed by atoms with Gasteiger partial charge < -0.3 is 14.6 Å². The minimum Gasteiger partial charge on any atom is -0.454 e. The summed E-state index contributed by atoms with van der Waals surface area (Å²) in [6.07, 6.45) is 3.48. The second-order valence-electron chi connectivity index (χ2n) is 7.36. The van der Waals surface area contributed by atoms with Crippen LogP contribution in [-0.2, 0) is 16.6 Å². The van der Waals surface area contributed by atoms with E-state index in [1.54, 1.807) is 55.2 Å². The summed E-state index contributed by atoms with van der Waals surface area (Å²) < 4.78 is 34.9. The summed E-state index contributed by atoms with van der Waals surface area (Å²) in [5, 5.41) is 6.99. The first kappa shape index (κ1) is 24.5. The van der Waals surface area contributed by atoms with Crippen LogP contribution in [0.4, 0.5) is 11.4 Å². The van der Waals surface area contributed by atoms with Crippen LogP contribution < -0.4 is 10.2 Å². The zero-order valence-corrected chi connectivity index (χ0v) is 20.3. The van der Waals surface area contributed by atoms with Gasteiger partial charge in [-0.1, -0.05) is 13.8 Å². The van der Waals surface area contributed by atoms with Gasteiger partial charge in [0.1, 0.15) is 5.76 Å². The lowest BCUT2D eigenvalue weighted by Gasteiger charge is -2.25. The Kier molecular flexibility index (Phi) is 7.93. The monoisotopic (exact) mass is 473 g/mol. The summed E-state index contributed by atoms with van der Waals surface area (Å²) in [6, 6.07) is 9.98. The quantitative estimate of drug-likeness (QED) is 0.456. The Morgan fingerprint density at radius 2 is 1.79 bits per heavy atom. The molecule has 33 heavy (non-hydrogen) atoms. The van der Waals surface area contributed by atoms with Crippen molar-refractivity contribution in [3.63, 3.8) is 0 Å². The Morgan fingerprint density at radius 3 is 2.39 bits per heavy atom.